The normalized spacial score (nSPS) is 7.30. The topological polar surface area (TPSA) is 48.8 Å². The second-order valence-corrected chi connectivity index (χ2v) is 2.31. The molecule has 0 N–H and O–H groups in total. The summed E-state index contributed by atoms with van der Waals surface area (Å²) in [4.78, 5) is 2.63. The first-order valence-corrected chi connectivity index (χ1v) is 4.47. The van der Waals surface area contributed by atoms with Crippen LogP contribution in [0.4, 0.5) is 0 Å². The van der Waals surface area contributed by atoms with Crippen molar-refractivity contribution in [2.45, 2.75) is 12.8 Å². The van der Waals surface area contributed by atoms with Gasteiger partial charge in [-0.2, -0.15) is 0 Å². The summed E-state index contributed by atoms with van der Waals surface area (Å²) in [6, 6.07) is 0. The Morgan fingerprint density at radius 1 is 1.50 bits per heavy atom. The molecule has 0 bridgehead atoms. The molecule has 0 aliphatic carbocycles. The minimum absolute atomic E-state index is 0.562. The van der Waals surface area contributed by atoms with Crippen LogP contribution in [-0.2, 0) is 0 Å². The molecule has 0 unspecified atom stereocenters. The number of unbranched alkanes of at least 4 members (excludes halogenated alkanes) is 1. The third kappa shape index (κ3) is 7.60. The summed E-state index contributed by atoms with van der Waals surface area (Å²) in [5.74, 6) is 5.88. The van der Waals surface area contributed by atoms with E-state index < -0.39 is 0 Å². The van der Waals surface area contributed by atoms with Crippen LogP contribution in [0.15, 0.2) is 5.11 Å². The van der Waals surface area contributed by atoms with Crippen LogP contribution in [0.3, 0.4) is 0 Å². The minimum Gasteiger partial charge on any atom is -0.103 e. The first kappa shape index (κ1) is 9.60. The quantitative estimate of drug-likeness (QED) is 0.140. The van der Waals surface area contributed by atoms with Gasteiger partial charge >= 0.3 is 0 Å². The van der Waals surface area contributed by atoms with Crippen molar-refractivity contribution in [2.75, 3.05) is 11.0 Å². The lowest BCUT2D eigenvalue weighted by atomic mass is 10.3. The van der Waals surface area contributed by atoms with Crippen molar-refractivity contribution in [3.63, 3.8) is 0 Å². The molecule has 0 spiro atoms. The van der Waals surface area contributed by atoms with Gasteiger partial charge in [0.05, 0.1) is 4.43 Å². The van der Waals surface area contributed by atoms with Crippen molar-refractivity contribution in [3.8, 4) is 11.8 Å². The van der Waals surface area contributed by atoms with Crippen molar-refractivity contribution in [1.82, 2.24) is 0 Å². The first-order chi connectivity index (χ1) is 4.91. The summed E-state index contributed by atoms with van der Waals surface area (Å²) in [5, 5.41) is 3.38. The van der Waals surface area contributed by atoms with Gasteiger partial charge in [-0.1, -0.05) is 33.6 Å². The molecule has 0 fully saturated rings. The van der Waals surface area contributed by atoms with Crippen molar-refractivity contribution >= 4 is 22.6 Å². The smallest absolute Gasteiger partial charge is 0.0609 e. The van der Waals surface area contributed by atoms with E-state index in [4.69, 9.17) is 5.53 Å². The lowest BCUT2D eigenvalue weighted by Crippen LogP contribution is -1.75. The average molecular weight is 249 g/mol. The third-order valence-electron chi connectivity index (χ3n) is 0.815. The Hall–Kier alpha value is -0.400. The van der Waals surface area contributed by atoms with Crippen molar-refractivity contribution < 1.29 is 0 Å². The van der Waals surface area contributed by atoms with E-state index in [9.17, 15) is 0 Å². The van der Waals surface area contributed by atoms with Crippen LogP contribution in [0, 0.1) is 11.8 Å². The maximum atomic E-state index is 7.89. The van der Waals surface area contributed by atoms with E-state index in [1.807, 2.05) is 0 Å². The van der Waals surface area contributed by atoms with Crippen LogP contribution in [-0.4, -0.2) is 11.0 Å². The molecule has 0 aromatic rings. The zero-order valence-corrected chi connectivity index (χ0v) is 7.71. The monoisotopic (exact) mass is 249 g/mol. The summed E-state index contributed by atoms with van der Waals surface area (Å²) >= 11 is 2.20. The molecule has 54 valence electrons. The maximum absolute atomic E-state index is 7.89. The summed E-state index contributed by atoms with van der Waals surface area (Å²) in [6.45, 7) is 0.562. The summed E-state index contributed by atoms with van der Waals surface area (Å²) < 4.78 is 0.874. The van der Waals surface area contributed by atoms with E-state index in [0.29, 0.717) is 6.54 Å². The molecule has 0 amide bonds. The molecule has 3 nitrogen and oxygen atoms in total. The van der Waals surface area contributed by atoms with Gasteiger partial charge in [-0.05, 0) is 12.0 Å². The molecule has 0 aliphatic heterocycles. The van der Waals surface area contributed by atoms with Crippen LogP contribution < -0.4 is 0 Å². The molecule has 0 rings (SSSR count). The molecule has 0 heterocycles. The van der Waals surface area contributed by atoms with E-state index in [0.717, 1.165) is 17.3 Å². The fraction of sp³-hybridized carbons (Fsp3) is 0.667. The van der Waals surface area contributed by atoms with Crippen molar-refractivity contribution in [3.05, 3.63) is 10.4 Å². The molecule has 4 heteroatoms. The molecule has 0 saturated carbocycles. The Bertz CT molecular complexity index is 173. The summed E-state index contributed by atoms with van der Waals surface area (Å²) in [7, 11) is 0. The molecule has 0 atom stereocenters. The standard InChI is InChI=1S/C6H8IN3/c7-5-3-1-2-4-6-9-10-8/h2,4-6H2. The highest BCUT2D eigenvalue weighted by Gasteiger charge is 1.78. The van der Waals surface area contributed by atoms with Gasteiger partial charge in [0.25, 0.3) is 0 Å². The second-order valence-electron chi connectivity index (χ2n) is 1.55. The fourth-order valence-electron chi connectivity index (χ4n) is 0.419. The van der Waals surface area contributed by atoms with Crippen LogP contribution in [0.2, 0.25) is 0 Å². The third-order valence-corrected chi connectivity index (χ3v) is 1.20. The molecule has 10 heavy (non-hydrogen) atoms. The van der Waals surface area contributed by atoms with E-state index in [1.165, 1.54) is 0 Å². The number of azide groups is 1. The zero-order chi connectivity index (χ0) is 7.66. The Morgan fingerprint density at radius 3 is 2.90 bits per heavy atom. The molecular formula is C6H8IN3. The Kier molecular flexibility index (Phi) is 8.26. The lowest BCUT2D eigenvalue weighted by Gasteiger charge is -1.82. The minimum atomic E-state index is 0.562. The van der Waals surface area contributed by atoms with Gasteiger partial charge in [0.2, 0.25) is 0 Å². The lowest BCUT2D eigenvalue weighted by molar-refractivity contribution is 0.862. The highest BCUT2D eigenvalue weighted by Crippen LogP contribution is 1.87. The van der Waals surface area contributed by atoms with Crippen LogP contribution in [0.25, 0.3) is 10.4 Å². The van der Waals surface area contributed by atoms with Gasteiger partial charge in [-0.3, -0.25) is 0 Å². The average Bonchev–Trinajstić information content (AvgIpc) is 1.97. The second kappa shape index (κ2) is 8.60. The first-order valence-electron chi connectivity index (χ1n) is 2.94. The highest BCUT2D eigenvalue weighted by molar-refractivity contribution is 14.1. The summed E-state index contributed by atoms with van der Waals surface area (Å²) in [5.41, 5.74) is 7.89. The van der Waals surface area contributed by atoms with Gasteiger partial charge in [0.1, 0.15) is 0 Å². The molecule has 0 radical (unpaired) electrons. The van der Waals surface area contributed by atoms with Crippen molar-refractivity contribution in [2.24, 2.45) is 5.11 Å². The van der Waals surface area contributed by atoms with Crippen LogP contribution in [0.5, 0.6) is 0 Å². The molecule has 0 aromatic carbocycles. The number of hydrogen-bond acceptors (Lipinski definition) is 1. The number of alkyl halides is 1. The number of nitrogens with zero attached hydrogens (tertiary/aromatic N) is 3. The number of halogens is 1. The maximum Gasteiger partial charge on any atom is 0.0609 e. The zero-order valence-electron chi connectivity index (χ0n) is 5.55. The van der Waals surface area contributed by atoms with E-state index in [2.05, 4.69) is 44.5 Å². The SMILES string of the molecule is [N-]=[N+]=NCCCC#CCI. The molecule has 0 aliphatic rings. The Labute approximate surface area is 74.0 Å². The van der Waals surface area contributed by atoms with E-state index >= 15 is 0 Å². The van der Waals surface area contributed by atoms with Gasteiger partial charge in [-0.15, -0.1) is 5.92 Å². The Balaban J connectivity index is 3.12. The Morgan fingerprint density at radius 2 is 2.30 bits per heavy atom. The molecule has 0 aromatic heterocycles. The summed E-state index contributed by atoms with van der Waals surface area (Å²) in [6.07, 6.45) is 1.70. The van der Waals surface area contributed by atoms with Gasteiger partial charge in [0.15, 0.2) is 0 Å². The van der Waals surface area contributed by atoms with Gasteiger partial charge in [0, 0.05) is 17.9 Å². The van der Waals surface area contributed by atoms with Crippen LogP contribution in [0.1, 0.15) is 12.8 Å². The van der Waals surface area contributed by atoms with Gasteiger partial charge < -0.3 is 0 Å². The van der Waals surface area contributed by atoms with Gasteiger partial charge in [-0.25, -0.2) is 0 Å². The predicted octanol–water partition coefficient (Wildman–Crippen LogP) is 2.52. The fourth-order valence-corrected chi connectivity index (χ4v) is 0.688. The number of rotatable bonds is 3. The predicted molar refractivity (Wildman–Crippen MR) is 49.9 cm³/mol. The molecular weight excluding hydrogens is 241 g/mol. The van der Waals surface area contributed by atoms with Crippen LogP contribution >= 0.6 is 22.6 Å². The molecule has 0 saturated heterocycles. The highest BCUT2D eigenvalue weighted by atomic mass is 127. The van der Waals surface area contributed by atoms with Crippen molar-refractivity contribution in [1.29, 1.82) is 0 Å². The largest absolute Gasteiger partial charge is 0.103 e. The van der Waals surface area contributed by atoms with E-state index in [1.54, 1.807) is 0 Å². The van der Waals surface area contributed by atoms with E-state index in [-0.39, 0.29) is 0 Å². The number of hydrogen-bond donors (Lipinski definition) is 0.